The van der Waals surface area contributed by atoms with Crippen molar-refractivity contribution in [2.45, 2.75) is 13.1 Å². The molecule has 0 aliphatic carbocycles. The summed E-state index contributed by atoms with van der Waals surface area (Å²) in [5.41, 5.74) is 0.522. The summed E-state index contributed by atoms with van der Waals surface area (Å²) in [4.78, 5) is 4.09. The van der Waals surface area contributed by atoms with E-state index < -0.39 is 17.5 Å². The summed E-state index contributed by atoms with van der Waals surface area (Å²) in [5.74, 6) is -0.819. The molecule has 0 fully saturated rings. The minimum Gasteiger partial charge on any atom is -0.350 e. The van der Waals surface area contributed by atoms with Gasteiger partial charge in [0.2, 0.25) is 11.6 Å². The zero-order chi connectivity index (χ0) is 19.9. The van der Waals surface area contributed by atoms with Crippen LogP contribution in [0.15, 0.2) is 57.6 Å². The molecule has 0 atom stereocenters. The standard InChI is InChI=1S/C19H11F3IN3O2/c1-10-9-12(7-8-13(10)23)17-24-18(28-26-17)16-14(19(20,21)22)15(25-27-16)11-5-3-2-4-6-11/h2-9H,1H3. The first-order chi connectivity index (χ1) is 13.3. The normalized spacial score (nSPS) is 11.8. The van der Waals surface area contributed by atoms with Gasteiger partial charge < -0.3 is 9.05 Å². The molecule has 2 aromatic heterocycles. The van der Waals surface area contributed by atoms with Crippen LogP contribution in [0.1, 0.15) is 11.1 Å². The summed E-state index contributed by atoms with van der Waals surface area (Å²) >= 11 is 2.18. The number of hydrogen-bond donors (Lipinski definition) is 0. The number of rotatable bonds is 3. The number of halogens is 4. The summed E-state index contributed by atoms with van der Waals surface area (Å²) in [6.45, 7) is 1.91. The lowest BCUT2D eigenvalue weighted by Crippen LogP contribution is -2.07. The molecule has 2 aromatic carbocycles. The third-order valence-electron chi connectivity index (χ3n) is 4.06. The largest absolute Gasteiger partial charge is 0.422 e. The number of benzene rings is 2. The third-order valence-corrected chi connectivity index (χ3v) is 5.27. The lowest BCUT2D eigenvalue weighted by Gasteiger charge is -2.06. The molecule has 142 valence electrons. The van der Waals surface area contributed by atoms with Gasteiger partial charge in [0.25, 0.3) is 5.89 Å². The molecule has 0 radical (unpaired) electrons. The van der Waals surface area contributed by atoms with E-state index in [1.165, 1.54) is 12.1 Å². The van der Waals surface area contributed by atoms with Gasteiger partial charge in [0, 0.05) is 14.7 Å². The van der Waals surface area contributed by atoms with Gasteiger partial charge in [0.05, 0.1) is 0 Å². The van der Waals surface area contributed by atoms with Crippen LogP contribution in [0.5, 0.6) is 0 Å². The van der Waals surface area contributed by atoms with Gasteiger partial charge >= 0.3 is 6.18 Å². The van der Waals surface area contributed by atoms with E-state index in [2.05, 4.69) is 37.9 Å². The second kappa shape index (κ2) is 7.04. The molecule has 4 aromatic rings. The van der Waals surface area contributed by atoms with Crippen molar-refractivity contribution in [2.75, 3.05) is 0 Å². The second-order valence-corrected chi connectivity index (χ2v) is 7.15. The predicted molar refractivity (Wildman–Crippen MR) is 103 cm³/mol. The molecule has 0 aliphatic heterocycles. The monoisotopic (exact) mass is 497 g/mol. The highest BCUT2D eigenvalue weighted by Crippen LogP contribution is 2.43. The van der Waals surface area contributed by atoms with Gasteiger partial charge in [-0.1, -0.05) is 40.6 Å². The fourth-order valence-electron chi connectivity index (χ4n) is 2.71. The topological polar surface area (TPSA) is 65.0 Å². The zero-order valence-electron chi connectivity index (χ0n) is 14.3. The van der Waals surface area contributed by atoms with Crippen LogP contribution in [0.4, 0.5) is 13.2 Å². The summed E-state index contributed by atoms with van der Waals surface area (Å²) in [5, 5.41) is 7.41. The maximum absolute atomic E-state index is 13.7. The van der Waals surface area contributed by atoms with E-state index in [4.69, 9.17) is 9.05 Å². The quantitative estimate of drug-likeness (QED) is 0.326. The summed E-state index contributed by atoms with van der Waals surface area (Å²) < 4.78 is 52.3. The van der Waals surface area contributed by atoms with Crippen molar-refractivity contribution in [3.05, 3.63) is 63.2 Å². The molecule has 0 saturated carbocycles. The molecule has 28 heavy (non-hydrogen) atoms. The average Bonchev–Trinajstić information content (AvgIpc) is 3.31. The number of alkyl halides is 3. The Morgan fingerprint density at radius 1 is 0.929 bits per heavy atom. The van der Waals surface area contributed by atoms with Crippen molar-refractivity contribution < 1.29 is 22.2 Å². The van der Waals surface area contributed by atoms with Gasteiger partial charge in [-0.25, -0.2) is 0 Å². The van der Waals surface area contributed by atoms with E-state index in [0.29, 0.717) is 5.56 Å². The number of hydrogen-bond acceptors (Lipinski definition) is 5. The van der Waals surface area contributed by atoms with Crippen molar-refractivity contribution >= 4 is 22.6 Å². The summed E-state index contributed by atoms with van der Waals surface area (Å²) in [6, 6.07) is 13.4. The Bertz CT molecular complexity index is 1140. The summed E-state index contributed by atoms with van der Waals surface area (Å²) in [7, 11) is 0. The Labute approximate surface area is 170 Å². The van der Waals surface area contributed by atoms with Gasteiger partial charge in [-0.15, -0.1) is 0 Å². The fourth-order valence-corrected chi connectivity index (χ4v) is 3.04. The molecule has 0 spiro atoms. The van der Waals surface area contributed by atoms with Crippen LogP contribution in [0.25, 0.3) is 34.3 Å². The van der Waals surface area contributed by atoms with Crippen LogP contribution in [-0.2, 0) is 6.18 Å². The molecular weight excluding hydrogens is 486 g/mol. The first-order valence-electron chi connectivity index (χ1n) is 8.07. The molecular formula is C19H11F3IN3O2. The van der Waals surface area contributed by atoms with Crippen LogP contribution < -0.4 is 0 Å². The van der Waals surface area contributed by atoms with E-state index in [1.807, 2.05) is 19.1 Å². The minimum atomic E-state index is -4.71. The highest BCUT2D eigenvalue weighted by molar-refractivity contribution is 14.1. The number of nitrogens with zero attached hydrogens (tertiary/aromatic N) is 3. The molecule has 5 nitrogen and oxygen atoms in total. The summed E-state index contributed by atoms with van der Waals surface area (Å²) in [6.07, 6.45) is -4.71. The van der Waals surface area contributed by atoms with Crippen LogP contribution in [0, 0.1) is 10.5 Å². The number of aryl methyl sites for hydroxylation is 1. The molecule has 0 unspecified atom stereocenters. The first kappa shape index (κ1) is 18.7. The van der Waals surface area contributed by atoms with Crippen molar-refractivity contribution in [1.82, 2.24) is 15.3 Å². The van der Waals surface area contributed by atoms with Gasteiger partial charge in [-0.2, -0.15) is 18.2 Å². The van der Waals surface area contributed by atoms with E-state index >= 15 is 0 Å². The highest BCUT2D eigenvalue weighted by atomic mass is 127. The van der Waals surface area contributed by atoms with E-state index in [1.54, 1.807) is 24.3 Å². The Morgan fingerprint density at radius 2 is 1.68 bits per heavy atom. The van der Waals surface area contributed by atoms with E-state index in [-0.39, 0.29) is 23.0 Å². The molecule has 4 rings (SSSR count). The maximum atomic E-state index is 13.7. The van der Waals surface area contributed by atoms with Crippen LogP contribution >= 0.6 is 22.6 Å². The predicted octanol–water partition coefficient (Wildman–Crippen LogP) is 5.99. The third kappa shape index (κ3) is 3.41. The van der Waals surface area contributed by atoms with Crippen molar-refractivity contribution in [3.8, 4) is 34.3 Å². The van der Waals surface area contributed by atoms with Crippen LogP contribution in [0.3, 0.4) is 0 Å². The fraction of sp³-hybridized carbons (Fsp3) is 0.105. The molecule has 0 bridgehead atoms. The molecule has 0 N–H and O–H groups in total. The minimum absolute atomic E-state index is 0.167. The van der Waals surface area contributed by atoms with Crippen molar-refractivity contribution in [3.63, 3.8) is 0 Å². The van der Waals surface area contributed by atoms with Gasteiger partial charge in [-0.3, -0.25) is 0 Å². The number of aromatic nitrogens is 3. The highest BCUT2D eigenvalue weighted by Gasteiger charge is 2.42. The Hall–Kier alpha value is -2.69. The molecule has 0 amide bonds. The Morgan fingerprint density at radius 3 is 2.36 bits per heavy atom. The SMILES string of the molecule is Cc1cc(-c2noc(-c3onc(-c4ccccc4)c3C(F)(F)F)n2)ccc1I. The van der Waals surface area contributed by atoms with Crippen molar-refractivity contribution in [2.24, 2.45) is 0 Å². The van der Waals surface area contributed by atoms with Crippen LogP contribution in [0.2, 0.25) is 0 Å². The first-order valence-corrected chi connectivity index (χ1v) is 9.15. The maximum Gasteiger partial charge on any atom is 0.422 e. The van der Waals surface area contributed by atoms with Gasteiger partial charge in [-0.05, 0) is 53.3 Å². The zero-order valence-corrected chi connectivity index (χ0v) is 16.4. The van der Waals surface area contributed by atoms with E-state index in [0.717, 1.165) is 9.13 Å². The van der Waals surface area contributed by atoms with Gasteiger partial charge in [0.15, 0.2) is 0 Å². The Kier molecular flexibility index (Phi) is 4.69. The second-order valence-electron chi connectivity index (χ2n) is 5.99. The lowest BCUT2D eigenvalue weighted by molar-refractivity contribution is -0.136. The van der Waals surface area contributed by atoms with Crippen LogP contribution in [-0.4, -0.2) is 15.3 Å². The molecule has 0 saturated heterocycles. The molecule has 2 heterocycles. The molecule has 9 heteroatoms. The smallest absolute Gasteiger partial charge is 0.350 e. The van der Waals surface area contributed by atoms with Gasteiger partial charge in [0.1, 0.15) is 11.3 Å². The van der Waals surface area contributed by atoms with Crippen molar-refractivity contribution in [1.29, 1.82) is 0 Å². The Balaban J connectivity index is 1.81. The van der Waals surface area contributed by atoms with E-state index in [9.17, 15) is 13.2 Å². The average molecular weight is 497 g/mol. The molecule has 0 aliphatic rings. The lowest BCUT2D eigenvalue weighted by atomic mass is 10.1.